The van der Waals surface area contributed by atoms with Crippen molar-refractivity contribution in [3.8, 4) is 11.5 Å². The molecule has 3 aromatic rings. The maximum Gasteiger partial charge on any atom is 0.163 e. The highest BCUT2D eigenvalue weighted by Crippen LogP contribution is 2.45. The number of allylic oxidation sites excluding steroid dienone is 1. The van der Waals surface area contributed by atoms with Crippen LogP contribution in [0.25, 0.3) is 0 Å². The number of Topliss-reactive ketones (excluding diaryl/α,β-unsaturated/α-hetero) is 1. The Labute approximate surface area is 198 Å². The third kappa shape index (κ3) is 4.05. The van der Waals surface area contributed by atoms with E-state index >= 15 is 0 Å². The van der Waals surface area contributed by atoms with Crippen molar-refractivity contribution in [1.29, 1.82) is 0 Å². The van der Waals surface area contributed by atoms with Crippen LogP contribution in [0.1, 0.15) is 35.9 Å². The number of carbonyl (C=O) groups is 1. The molecule has 5 rings (SSSR count). The van der Waals surface area contributed by atoms with Crippen LogP contribution in [0.3, 0.4) is 0 Å². The minimum atomic E-state index is -0.311. The van der Waals surface area contributed by atoms with Crippen LogP contribution in [0.5, 0.6) is 11.5 Å². The second-order valence-corrected chi connectivity index (χ2v) is 8.77. The number of hydrogen-bond donors (Lipinski definition) is 2. The Morgan fingerprint density at radius 3 is 2.27 bits per heavy atom. The van der Waals surface area contributed by atoms with Gasteiger partial charge in [-0.2, -0.15) is 0 Å². The Balaban J connectivity index is 1.61. The first-order valence-corrected chi connectivity index (χ1v) is 11.3. The molecule has 5 nitrogen and oxygen atoms in total. The van der Waals surface area contributed by atoms with Gasteiger partial charge in [0.25, 0.3) is 0 Å². The third-order valence-corrected chi connectivity index (χ3v) is 6.64. The highest BCUT2D eigenvalue weighted by atomic mass is 35.5. The lowest BCUT2D eigenvalue weighted by Crippen LogP contribution is -2.26. The summed E-state index contributed by atoms with van der Waals surface area (Å²) in [7, 11) is 3.23. The van der Waals surface area contributed by atoms with Crippen molar-refractivity contribution in [2.24, 2.45) is 0 Å². The fraction of sp³-hybridized carbons (Fsp3) is 0.222. The Kier molecular flexibility index (Phi) is 5.73. The van der Waals surface area contributed by atoms with E-state index in [4.69, 9.17) is 21.1 Å². The Hall–Kier alpha value is -3.44. The normalized spacial score (nSPS) is 19.5. The van der Waals surface area contributed by atoms with E-state index in [0.29, 0.717) is 22.9 Å². The summed E-state index contributed by atoms with van der Waals surface area (Å²) < 4.78 is 10.9. The van der Waals surface area contributed by atoms with Crippen LogP contribution in [-0.4, -0.2) is 20.0 Å². The fourth-order valence-corrected chi connectivity index (χ4v) is 4.87. The number of hydrogen-bond acceptors (Lipinski definition) is 5. The van der Waals surface area contributed by atoms with Gasteiger partial charge in [-0.05, 0) is 59.9 Å². The van der Waals surface area contributed by atoms with Crippen molar-refractivity contribution >= 4 is 28.8 Å². The second kappa shape index (κ2) is 8.83. The highest BCUT2D eigenvalue weighted by Gasteiger charge is 2.36. The third-order valence-electron chi connectivity index (χ3n) is 6.39. The number of anilines is 2. The van der Waals surface area contributed by atoms with Crippen molar-refractivity contribution in [2.45, 2.75) is 24.8 Å². The van der Waals surface area contributed by atoms with E-state index < -0.39 is 0 Å². The fourth-order valence-electron chi connectivity index (χ4n) is 4.75. The number of halogens is 1. The number of para-hydroxylation sites is 2. The topological polar surface area (TPSA) is 59.6 Å². The van der Waals surface area contributed by atoms with E-state index in [1.54, 1.807) is 14.2 Å². The van der Waals surface area contributed by atoms with Gasteiger partial charge in [-0.15, -0.1) is 0 Å². The average molecular weight is 461 g/mol. The average Bonchev–Trinajstić information content (AvgIpc) is 3.01. The number of benzene rings is 3. The molecule has 0 spiro atoms. The van der Waals surface area contributed by atoms with Gasteiger partial charge in [-0.1, -0.05) is 41.9 Å². The molecule has 0 saturated carbocycles. The van der Waals surface area contributed by atoms with Crippen molar-refractivity contribution < 1.29 is 14.3 Å². The number of methoxy groups -OCH3 is 2. The second-order valence-electron chi connectivity index (χ2n) is 8.33. The summed E-state index contributed by atoms with van der Waals surface area (Å²) in [5, 5.41) is 7.86. The van der Waals surface area contributed by atoms with Gasteiger partial charge in [0.1, 0.15) is 0 Å². The Bertz CT molecular complexity index is 1240. The number of fused-ring (bicyclic) bond motifs is 1. The van der Waals surface area contributed by atoms with Gasteiger partial charge in [0.15, 0.2) is 17.3 Å². The monoisotopic (exact) mass is 460 g/mol. The molecule has 0 unspecified atom stereocenters. The zero-order chi connectivity index (χ0) is 22.9. The van der Waals surface area contributed by atoms with Crippen LogP contribution in [0, 0.1) is 0 Å². The van der Waals surface area contributed by atoms with Crippen molar-refractivity contribution in [2.75, 3.05) is 24.9 Å². The first kappa shape index (κ1) is 21.4. The van der Waals surface area contributed by atoms with E-state index in [1.807, 2.05) is 66.7 Å². The van der Waals surface area contributed by atoms with Gasteiger partial charge in [0.05, 0.1) is 31.6 Å². The largest absolute Gasteiger partial charge is 0.493 e. The van der Waals surface area contributed by atoms with Crippen LogP contribution >= 0.6 is 11.6 Å². The SMILES string of the molecule is COc1ccc([C@H]2Nc3ccccc3NC3=C2C(=O)C[C@H](c2ccc(Cl)cc2)C3)cc1OC. The van der Waals surface area contributed by atoms with Gasteiger partial charge in [0.2, 0.25) is 0 Å². The molecule has 33 heavy (non-hydrogen) atoms. The molecule has 1 aliphatic carbocycles. The number of ether oxygens (including phenoxy) is 2. The molecule has 0 amide bonds. The lowest BCUT2D eigenvalue weighted by molar-refractivity contribution is -0.116. The Morgan fingerprint density at radius 1 is 0.848 bits per heavy atom. The van der Waals surface area contributed by atoms with E-state index in [1.165, 1.54) is 0 Å². The molecule has 2 N–H and O–H groups in total. The summed E-state index contributed by atoms with van der Waals surface area (Å²) in [6.45, 7) is 0. The summed E-state index contributed by atoms with van der Waals surface area (Å²) in [6, 6.07) is 21.3. The van der Waals surface area contributed by atoms with Gasteiger partial charge >= 0.3 is 0 Å². The number of carbonyl (C=O) groups excluding carboxylic acids is 1. The molecule has 0 aromatic heterocycles. The van der Waals surface area contributed by atoms with Crippen LogP contribution in [0.4, 0.5) is 11.4 Å². The lowest BCUT2D eigenvalue weighted by atomic mass is 9.78. The van der Waals surface area contributed by atoms with Gasteiger partial charge in [-0.3, -0.25) is 4.79 Å². The van der Waals surface area contributed by atoms with E-state index in [9.17, 15) is 4.79 Å². The molecule has 0 saturated heterocycles. The molecule has 168 valence electrons. The summed E-state index contributed by atoms with van der Waals surface area (Å²) in [4.78, 5) is 13.6. The number of nitrogens with one attached hydrogen (secondary N) is 2. The number of rotatable bonds is 4. The molecule has 2 aliphatic rings. The molecule has 3 aromatic carbocycles. The van der Waals surface area contributed by atoms with E-state index in [-0.39, 0.29) is 17.7 Å². The maximum absolute atomic E-state index is 13.6. The minimum Gasteiger partial charge on any atom is -0.493 e. The van der Waals surface area contributed by atoms with Crippen LogP contribution in [0.2, 0.25) is 5.02 Å². The predicted molar refractivity (Wildman–Crippen MR) is 131 cm³/mol. The predicted octanol–water partition coefficient (Wildman–Crippen LogP) is 6.34. The van der Waals surface area contributed by atoms with Crippen molar-refractivity contribution in [3.05, 3.63) is 94.1 Å². The summed E-state index contributed by atoms with van der Waals surface area (Å²) in [5.41, 5.74) is 5.68. The van der Waals surface area contributed by atoms with Crippen LogP contribution in [0.15, 0.2) is 78.0 Å². The quantitative estimate of drug-likeness (QED) is 0.476. The molecule has 6 heteroatoms. The molecule has 0 bridgehead atoms. The summed E-state index contributed by atoms with van der Waals surface area (Å²) in [6.07, 6.45) is 1.19. The molecule has 0 fully saturated rings. The smallest absolute Gasteiger partial charge is 0.163 e. The lowest BCUT2D eigenvalue weighted by Gasteiger charge is -2.30. The zero-order valence-corrected chi connectivity index (χ0v) is 19.3. The van der Waals surface area contributed by atoms with Gasteiger partial charge in [0, 0.05) is 22.7 Å². The van der Waals surface area contributed by atoms with Crippen molar-refractivity contribution in [3.63, 3.8) is 0 Å². The molecule has 1 aliphatic heterocycles. The van der Waals surface area contributed by atoms with Crippen LogP contribution < -0.4 is 20.1 Å². The van der Waals surface area contributed by atoms with Crippen molar-refractivity contribution in [1.82, 2.24) is 0 Å². The van der Waals surface area contributed by atoms with Gasteiger partial charge < -0.3 is 20.1 Å². The highest BCUT2D eigenvalue weighted by molar-refractivity contribution is 6.30. The molecular weight excluding hydrogens is 436 g/mol. The zero-order valence-electron chi connectivity index (χ0n) is 18.5. The molecule has 1 heterocycles. The molecule has 0 radical (unpaired) electrons. The first-order valence-electron chi connectivity index (χ1n) is 10.9. The molecule has 2 atom stereocenters. The molecular formula is C27H25ClN2O3. The first-order chi connectivity index (χ1) is 16.1. The minimum absolute atomic E-state index is 0.0948. The standard InChI is InChI=1S/C27H25ClN2O3/c1-32-24-12-9-17(15-25(24)33-2)27-26-22(29-20-5-3-4-6-21(20)30-27)13-18(14-23(26)31)16-7-10-19(28)11-8-16/h3-12,15,18,27,29-30H,13-14H2,1-2H3/t18-,27-/m1/s1. The maximum atomic E-state index is 13.6. The van der Waals surface area contributed by atoms with Gasteiger partial charge in [-0.25, -0.2) is 0 Å². The Morgan fingerprint density at radius 2 is 1.55 bits per heavy atom. The number of ketones is 1. The van der Waals surface area contributed by atoms with Crippen LogP contribution in [-0.2, 0) is 4.79 Å². The summed E-state index contributed by atoms with van der Waals surface area (Å²) >= 11 is 6.08. The van der Waals surface area contributed by atoms with E-state index in [0.717, 1.165) is 40.2 Å². The summed E-state index contributed by atoms with van der Waals surface area (Å²) in [5.74, 6) is 1.51. The van der Waals surface area contributed by atoms with E-state index in [2.05, 4.69) is 10.6 Å².